The van der Waals surface area contributed by atoms with Gasteiger partial charge in [-0.15, -0.1) is 0 Å². The van der Waals surface area contributed by atoms with Crippen LogP contribution >= 0.6 is 0 Å². The fourth-order valence-corrected chi connectivity index (χ4v) is 3.61. The molecule has 3 rings (SSSR count). The summed E-state index contributed by atoms with van der Waals surface area (Å²) in [6.07, 6.45) is 4.93. The third kappa shape index (κ3) is 4.45. The molecular formula is C21H26FN3O2. The fourth-order valence-electron chi connectivity index (χ4n) is 3.61. The van der Waals surface area contributed by atoms with Gasteiger partial charge in [-0.05, 0) is 57.5 Å². The maximum atomic E-state index is 13.3. The molecule has 0 saturated carbocycles. The quantitative estimate of drug-likeness (QED) is 0.849. The van der Waals surface area contributed by atoms with Crippen molar-refractivity contribution in [3.05, 3.63) is 68.9 Å². The second-order valence-electron chi connectivity index (χ2n) is 7.17. The Labute approximate surface area is 158 Å². The number of aromatic nitrogens is 1. The zero-order valence-electron chi connectivity index (χ0n) is 15.8. The SMILES string of the molecule is Cc1c[nH]c(CNC(=O)[C@H](c2ccc(F)cc2)N2CCCCC2)c(C)c1=O. The van der Waals surface area contributed by atoms with Crippen LogP contribution in [0.15, 0.2) is 35.3 Å². The molecule has 1 fully saturated rings. The maximum Gasteiger partial charge on any atom is 0.242 e. The number of nitrogens with zero attached hydrogens (tertiary/aromatic N) is 1. The lowest BCUT2D eigenvalue weighted by Gasteiger charge is -2.34. The van der Waals surface area contributed by atoms with Crippen LogP contribution in [-0.4, -0.2) is 28.9 Å². The Morgan fingerprint density at radius 1 is 1.19 bits per heavy atom. The highest BCUT2D eigenvalue weighted by molar-refractivity contribution is 5.83. The van der Waals surface area contributed by atoms with Crippen molar-refractivity contribution in [1.29, 1.82) is 0 Å². The molecule has 1 atom stereocenters. The molecule has 2 N–H and O–H groups in total. The number of hydrogen-bond acceptors (Lipinski definition) is 3. The minimum absolute atomic E-state index is 0.0101. The van der Waals surface area contributed by atoms with Gasteiger partial charge in [0.2, 0.25) is 5.91 Å². The molecule has 1 amide bonds. The average Bonchev–Trinajstić information content (AvgIpc) is 2.68. The van der Waals surface area contributed by atoms with Gasteiger partial charge in [0, 0.05) is 23.0 Å². The van der Waals surface area contributed by atoms with Crippen LogP contribution in [0.5, 0.6) is 0 Å². The van der Waals surface area contributed by atoms with E-state index in [1.165, 1.54) is 12.1 Å². The van der Waals surface area contributed by atoms with Gasteiger partial charge in [-0.1, -0.05) is 18.6 Å². The summed E-state index contributed by atoms with van der Waals surface area (Å²) in [5, 5.41) is 2.95. The zero-order valence-corrected chi connectivity index (χ0v) is 15.8. The number of H-pyrrole nitrogens is 1. The van der Waals surface area contributed by atoms with Gasteiger partial charge >= 0.3 is 0 Å². The van der Waals surface area contributed by atoms with Crippen molar-refractivity contribution in [3.63, 3.8) is 0 Å². The summed E-state index contributed by atoms with van der Waals surface area (Å²) in [6.45, 7) is 5.46. The van der Waals surface area contributed by atoms with Crippen LogP contribution < -0.4 is 10.7 Å². The largest absolute Gasteiger partial charge is 0.363 e. The minimum atomic E-state index is -0.455. The van der Waals surface area contributed by atoms with Gasteiger partial charge in [0.15, 0.2) is 5.43 Å². The molecule has 1 aromatic carbocycles. The normalized spacial score (nSPS) is 16.1. The number of likely N-dealkylation sites (tertiary alicyclic amines) is 1. The van der Waals surface area contributed by atoms with Crippen molar-refractivity contribution >= 4 is 5.91 Å². The number of amides is 1. The Hall–Kier alpha value is -2.47. The molecule has 2 aromatic rings. The molecule has 2 heterocycles. The van der Waals surface area contributed by atoms with E-state index in [9.17, 15) is 14.0 Å². The highest BCUT2D eigenvalue weighted by Crippen LogP contribution is 2.25. The molecule has 0 unspecified atom stereocenters. The van der Waals surface area contributed by atoms with Crippen molar-refractivity contribution in [2.45, 2.75) is 45.7 Å². The van der Waals surface area contributed by atoms with Gasteiger partial charge in [0.1, 0.15) is 11.9 Å². The molecule has 144 valence electrons. The molecule has 5 nitrogen and oxygen atoms in total. The minimum Gasteiger partial charge on any atom is -0.363 e. The Balaban J connectivity index is 1.79. The first-order valence-corrected chi connectivity index (χ1v) is 9.42. The number of halogens is 1. The van der Waals surface area contributed by atoms with E-state index in [-0.39, 0.29) is 23.7 Å². The Morgan fingerprint density at radius 2 is 1.85 bits per heavy atom. The number of aromatic amines is 1. The first kappa shape index (κ1) is 19.3. The molecular weight excluding hydrogens is 345 g/mol. The number of benzene rings is 1. The second kappa shape index (κ2) is 8.48. The van der Waals surface area contributed by atoms with E-state index in [4.69, 9.17) is 0 Å². The van der Waals surface area contributed by atoms with Gasteiger partial charge in [0.05, 0.1) is 6.54 Å². The third-order valence-electron chi connectivity index (χ3n) is 5.24. The molecule has 1 aromatic heterocycles. The summed E-state index contributed by atoms with van der Waals surface area (Å²) in [5.41, 5.74) is 2.75. The Morgan fingerprint density at radius 3 is 2.52 bits per heavy atom. The van der Waals surface area contributed by atoms with Gasteiger partial charge < -0.3 is 10.3 Å². The van der Waals surface area contributed by atoms with Crippen molar-refractivity contribution in [1.82, 2.24) is 15.2 Å². The predicted molar refractivity (Wildman–Crippen MR) is 103 cm³/mol. The fraction of sp³-hybridized carbons (Fsp3) is 0.429. The number of aryl methyl sites for hydroxylation is 1. The van der Waals surface area contributed by atoms with E-state index in [2.05, 4.69) is 15.2 Å². The molecule has 27 heavy (non-hydrogen) atoms. The topological polar surface area (TPSA) is 65.2 Å². The third-order valence-corrected chi connectivity index (χ3v) is 5.24. The van der Waals surface area contributed by atoms with Gasteiger partial charge in [-0.2, -0.15) is 0 Å². The maximum absolute atomic E-state index is 13.3. The van der Waals surface area contributed by atoms with Crippen LogP contribution in [0.4, 0.5) is 4.39 Å². The lowest BCUT2D eigenvalue weighted by molar-refractivity contribution is -0.127. The summed E-state index contributed by atoms with van der Waals surface area (Å²) in [4.78, 5) is 30.4. The lowest BCUT2D eigenvalue weighted by atomic mass is 10.0. The first-order valence-electron chi connectivity index (χ1n) is 9.42. The lowest BCUT2D eigenvalue weighted by Crippen LogP contribution is -2.43. The van der Waals surface area contributed by atoms with E-state index >= 15 is 0 Å². The van der Waals surface area contributed by atoms with E-state index in [0.717, 1.165) is 37.9 Å². The summed E-state index contributed by atoms with van der Waals surface area (Å²) in [6, 6.07) is 5.67. The van der Waals surface area contributed by atoms with Gasteiger partial charge in [-0.3, -0.25) is 14.5 Å². The Bertz CT molecular complexity index is 855. The summed E-state index contributed by atoms with van der Waals surface area (Å²) in [5.74, 6) is -0.450. The number of hydrogen-bond donors (Lipinski definition) is 2. The average molecular weight is 371 g/mol. The van der Waals surface area contributed by atoms with Crippen LogP contribution in [0.1, 0.15) is 47.7 Å². The smallest absolute Gasteiger partial charge is 0.242 e. The monoisotopic (exact) mass is 371 g/mol. The summed E-state index contributed by atoms with van der Waals surface area (Å²) >= 11 is 0. The van der Waals surface area contributed by atoms with Crippen LogP contribution in [0.3, 0.4) is 0 Å². The molecule has 0 spiro atoms. The number of rotatable bonds is 5. The zero-order chi connectivity index (χ0) is 19.4. The first-order chi connectivity index (χ1) is 13.0. The molecule has 0 bridgehead atoms. The van der Waals surface area contributed by atoms with Crippen LogP contribution in [0, 0.1) is 19.7 Å². The Kier molecular flexibility index (Phi) is 6.06. The van der Waals surface area contributed by atoms with Crippen LogP contribution in [0.2, 0.25) is 0 Å². The van der Waals surface area contributed by atoms with E-state index in [1.54, 1.807) is 32.2 Å². The molecule has 6 heteroatoms. The summed E-state index contributed by atoms with van der Waals surface area (Å²) in [7, 11) is 0. The van der Waals surface area contributed by atoms with E-state index < -0.39 is 6.04 Å². The number of nitrogens with one attached hydrogen (secondary N) is 2. The number of pyridine rings is 1. The molecule has 0 aliphatic carbocycles. The van der Waals surface area contributed by atoms with Gasteiger partial charge in [-0.25, -0.2) is 4.39 Å². The predicted octanol–water partition coefficient (Wildman–Crippen LogP) is 2.97. The van der Waals surface area contributed by atoms with E-state index in [0.29, 0.717) is 16.8 Å². The number of carbonyl (C=O) groups is 1. The van der Waals surface area contributed by atoms with Gasteiger partial charge in [0.25, 0.3) is 0 Å². The van der Waals surface area contributed by atoms with Crippen molar-refractivity contribution in [3.8, 4) is 0 Å². The van der Waals surface area contributed by atoms with Crippen molar-refractivity contribution < 1.29 is 9.18 Å². The molecule has 0 radical (unpaired) electrons. The number of carbonyl (C=O) groups excluding carboxylic acids is 1. The van der Waals surface area contributed by atoms with Crippen molar-refractivity contribution in [2.24, 2.45) is 0 Å². The summed E-state index contributed by atoms with van der Waals surface area (Å²) < 4.78 is 13.3. The highest BCUT2D eigenvalue weighted by Gasteiger charge is 2.28. The standard InChI is InChI=1S/C21H26FN3O2/c1-14-12-23-18(15(2)20(14)26)13-24-21(27)19(25-10-4-3-5-11-25)16-6-8-17(22)9-7-16/h6-9,12,19H,3-5,10-11,13H2,1-2H3,(H,23,26)(H,24,27)/t19-/m0/s1. The van der Waals surface area contributed by atoms with Crippen molar-refractivity contribution in [2.75, 3.05) is 13.1 Å². The molecule has 1 saturated heterocycles. The highest BCUT2D eigenvalue weighted by atomic mass is 19.1. The second-order valence-corrected chi connectivity index (χ2v) is 7.17. The molecule has 1 aliphatic heterocycles. The van der Waals surface area contributed by atoms with Crippen LogP contribution in [0.25, 0.3) is 0 Å². The molecule has 1 aliphatic rings. The number of piperidine rings is 1. The van der Waals surface area contributed by atoms with E-state index in [1.807, 2.05) is 0 Å². The van der Waals surface area contributed by atoms with Crippen LogP contribution in [-0.2, 0) is 11.3 Å².